The summed E-state index contributed by atoms with van der Waals surface area (Å²) in [7, 11) is -3.34. The topological polar surface area (TPSA) is 66.9 Å². The third kappa shape index (κ3) is 4.25. The quantitative estimate of drug-likeness (QED) is 0.711. The second-order valence-electron chi connectivity index (χ2n) is 6.64. The fourth-order valence-corrected chi connectivity index (χ4v) is 5.01. The van der Waals surface area contributed by atoms with Crippen LogP contribution in [0.1, 0.15) is 33.6 Å². The Bertz CT molecular complexity index is 502. The fraction of sp³-hybridized carbons (Fsp3) is 0.938. The van der Waals surface area contributed by atoms with Crippen LogP contribution < -0.4 is 0 Å². The summed E-state index contributed by atoms with van der Waals surface area (Å²) in [5, 5.41) is -0.927. The zero-order valence-electron chi connectivity index (χ0n) is 14.5. The van der Waals surface area contributed by atoms with Crippen molar-refractivity contribution >= 4 is 15.7 Å². The minimum absolute atomic E-state index is 0.0812. The molecule has 0 aliphatic carbocycles. The van der Waals surface area contributed by atoms with E-state index in [1.54, 1.807) is 4.90 Å². The molecular formula is C16H30N2O4S. The molecule has 2 heterocycles. The molecule has 23 heavy (non-hydrogen) atoms. The number of hydrogen-bond acceptors (Lipinski definition) is 5. The molecule has 0 unspecified atom stereocenters. The second kappa shape index (κ2) is 7.94. The number of nitrogens with zero attached hydrogens (tertiary/aromatic N) is 2. The molecule has 2 rings (SSSR count). The van der Waals surface area contributed by atoms with Crippen molar-refractivity contribution in [2.24, 2.45) is 5.92 Å². The lowest BCUT2D eigenvalue weighted by molar-refractivity contribution is -0.129. The molecule has 0 spiro atoms. The van der Waals surface area contributed by atoms with Gasteiger partial charge < -0.3 is 9.64 Å². The molecule has 3 atom stereocenters. The molecule has 0 aromatic rings. The molecule has 2 fully saturated rings. The van der Waals surface area contributed by atoms with Gasteiger partial charge >= 0.3 is 0 Å². The maximum Gasteiger partial charge on any atom is 0.240 e. The van der Waals surface area contributed by atoms with Gasteiger partial charge in [0.05, 0.1) is 19.0 Å². The molecule has 0 radical (unpaired) electrons. The number of sulfone groups is 1. The van der Waals surface area contributed by atoms with Gasteiger partial charge in [0.2, 0.25) is 5.91 Å². The summed E-state index contributed by atoms with van der Waals surface area (Å²) in [4.78, 5) is 16.8. The van der Waals surface area contributed by atoms with E-state index in [2.05, 4.69) is 11.8 Å². The van der Waals surface area contributed by atoms with E-state index in [4.69, 9.17) is 4.74 Å². The predicted octanol–water partition coefficient (Wildman–Crippen LogP) is 0.769. The number of hydrogen-bond donors (Lipinski definition) is 0. The van der Waals surface area contributed by atoms with Crippen LogP contribution in [0, 0.1) is 5.92 Å². The first-order chi connectivity index (χ1) is 10.9. The molecule has 6 nitrogen and oxygen atoms in total. The van der Waals surface area contributed by atoms with Crippen LogP contribution in [-0.4, -0.2) is 80.6 Å². The van der Waals surface area contributed by atoms with Crippen LogP contribution in [0.4, 0.5) is 0 Å². The predicted molar refractivity (Wildman–Crippen MR) is 90.1 cm³/mol. The average molecular weight is 346 g/mol. The van der Waals surface area contributed by atoms with Crippen molar-refractivity contribution in [2.45, 2.75) is 44.9 Å². The Balaban J connectivity index is 2.04. The van der Waals surface area contributed by atoms with Crippen molar-refractivity contribution in [3.63, 3.8) is 0 Å². The van der Waals surface area contributed by atoms with Crippen molar-refractivity contribution in [3.8, 4) is 0 Å². The van der Waals surface area contributed by atoms with Gasteiger partial charge in [-0.1, -0.05) is 20.3 Å². The Labute approximate surface area is 140 Å². The zero-order valence-corrected chi connectivity index (χ0v) is 15.3. The molecule has 2 aliphatic heterocycles. The number of rotatable bonds is 6. The third-order valence-corrected chi connectivity index (χ3v) is 7.39. The highest BCUT2D eigenvalue weighted by atomic mass is 32.2. The minimum Gasteiger partial charge on any atom is -0.379 e. The number of ether oxygens (including phenoxy) is 1. The lowest BCUT2D eigenvalue weighted by Gasteiger charge is -2.34. The average Bonchev–Trinajstić information content (AvgIpc) is 2.98. The van der Waals surface area contributed by atoms with Gasteiger partial charge in [-0.2, -0.15) is 0 Å². The Kier molecular flexibility index (Phi) is 6.45. The van der Waals surface area contributed by atoms with Gasteiger partial charge in [-0.15, -0.1) is 0 Å². The van der Waals surface area contributed by atoms with Crippen molar-refractivity contribution < 1.29 is 17.9 Å². The summed E-state index contributed by atoms with van der Waals surface area (Å²) < 4.78 is 29.8. The Morgan fingerprint density at radius 2 is 1.87 bits per heavy atom. The van der Waals surface area contributed by atoms with Gasteiger partial charge in [-0.3, -0.25) is 9.69 Å². The van der Waals surface area contributed by atoms with Gasteiger partial charge in [0.25, 0.3) is 0 Å². The molecule has 0 saturated carbocycles. The van der Waals surface area contributed by atoms with Crippen molar-refractivity contribution in [1.82, 2.24) is 9.80 Å². The number of carbonyl (C=O) groups is 1. The van der Waals surface area contributed by atoms with Gasteiger partial charge in [0, 0.05) is 32.2 Å². The van der Waals surface area contributed by atoms with Gasteiger partial charge in [0.1, 0.15) is 5.25 Å². The normalized spacial score (nSPS) is 28.0. The van der Waals surface area contributed by atoms with Crippen LogP contribution in [0.5, 0.6) is 0 Å². The van der Waals surface area contributed by atoms with E-state index in [0.29, 0.717) is 31.5 Å². The van der Waals surface area contributed by atoms with E-state index in [1.165, 1.54) is 6.92 Å². The molecule has 134 valence electrons. The van der Waals surface area contributed by atoms with Crippen molar-refractivity contribution in [2.75, 3.05) is 45.1 Å². The SMILES string of the molecule is CCCS(=O)(=O)[C@H](C)C(=O)N1C[C@H](CC)[C@@H](N2CCOCC2)C1. The second-order valence-corrected chi connectivity index (χ2v) is 9.08. The van der Waals surface area contributed by atoms with Crippen LogP contribution in [0.2, 0.25) is 0 Å². The van der Waals surface area contributed by atoms with Crippen LogP contribution >= 0.6 is 0 Å². The highest BCUT2D eigenvalue weighted by Crippen LogP contribution is 2.27. The minimum atomic E-state index is -3.34. The van der Waals surface area contributed by atoms with E-state index in [1.807, 2.05) is 6.92 Å². The molecular weight excluding hydrogens is 316 g/mol. The van der Waals surface area contributed by atoms with E-state index >= 15 is 0 Å². The summed E-state index contributed by atoms with van der Waals surface area (Å²) >= 11 is 0. The van der Waals surface area contributed by atoms with Gasteiger partial charge in [0.15, 0.2) is 9.84 Å². The number of likely N-dealkylation sites (tertiary alicyclic amines) is 1. The molecule has 2 aliphatic rings. The molecule has 1 amide bonds. The zero-order chi connectivity index (χ0) is 17.0. The highest BCUT2D eigenvalue weighted by Gasteiger charge is 2.41. The largest absolute Gasteiger partial charge is 0.379 e. The van der Waals surface area contributed by atoms with Gasteiger partial charge in [-0.25, -0.2) is 8.42 Å². The molecule has 0 bridgehead atoms. The Morgan fingerprint density at radius 3 is 2.43 bits per heavy atom. The first-order valence-electron chi connectivity index (χ1n) is 8.72. The summed E-state index contributed by atoms with van der Waals surface area (Å²) in [6, 6.07) is 0.328. The highest BCUT2D eigenvalue weighted by molar-refractivity contribution is 7.92. The van der Waals surface area contributed by atoms with E-state index < -0.39 is 15.1 Å². The summed E-state index contributed by atoms with van der Waals surface area (Å²) in [6.07, 6.45) is 1.55. The molecule has 0 aromatic carbocycles. The van der Waals surface area contributed by atoms with Crippen LogP contribution in [0.25, 0.3) is 0 Å². The lowest BCUT2D eigenvalue weighted by atomic mass is 9.99. The van der Waals surface area contributed by atoms with Gasteiger partial charge in [-0.05, 0) is 19.3 Å². The maximum absolute atomic E-state index is 12.7. The first-order valence-corrected chi connectivity index (χ1v) is 10.4. The lowest BCUT2D eigenvalue weighted by Crippen LogP contribution is -2.48. The number of morpholine rings is 1. The van der Waals surface area contributed by atoms with E-state index in [-0.39, 0.29) is 11.7 Å². The summed E-state index contributed by atoms with van der Waals surface area (Å²) in [5.74, 6) is 0.267. The number of carbonyl (C=O) groups excluding carboxylic acids is 1. The molecule has 0 N–H and O–H groups in total. The molecule has 0 aromatic heterocycles. The monoisotopic (exact) mass is 346 g/mol. The molecule has 2 saturated heterocycles. The first kappa shape index (κ1) is 18.7. The smallest absolute Gasteiger partial charge is 0.240 e. The maximum atomic E-state index is 12.7. The van der Waals surface area contributed by atoms with Crippen molar-refractivity contribution in [3.05, 3.63) is 0 Å². The van der Waals surface area contributed by atoms with E-state index in [0.717, 1.165) is 32.7 Å². The van der Waals surface area contributed by atoms with Crippen LogP contribution in [0.15, 0.2) is 0 Å². The summed E-state index contributed by atoms with van der Waals surface area (Å²) in [6.45, 7) is 10.1. The Hall–Kier alpha value is -0.660. The van der Waals surface area contributed by atoms with Crippen LogP contribution in [0.3, 0.4) is 0 Å². The molecule has 7 heteroatoms. The van der Waals surface area contributed by atoms with Crippen molar-refractivity contribution in [1.29, 1.82) is 0 Å². The number of amides is 1. The fourth-order valence-electron chi connectivity index (χ4n) is 3.63. The third-order valence-electron chi connectivity index (χ3n) is 5.13. The van der Waals surface area contributed by atoms with Crippen LogP contribution in [-0.2, 0) is 19.4 Å². The standard InChI is InChI=1S/C16H30N2O4S/c1-4-10-23(20,21)13(3)16(19)18-11-14(5-2)15(12-18)17-6-8-22-9-7-17/h13-15H,4-12H2,1-3H3/t13-,14+,15+/m1/s1. The summed E-state index contributed by atoms with van der Waals surface area (Å²) in [5.41, 5.74) is 0. The van der Waals surface area contributed by atoms with E-state index in [9.17, 15) is 13.2 Å². The Morgan fingerprint density at radius 1 is 1.22 bits per heavy atom.